The third kappa shape index (κ3) is 2.37. The van der Waals surface area contributed by atoms with Crippen LogP contribution in [0.5, 0.6) is 0 Å². The first-order valence-corrected chi connectivity index (χ1v) is 5.47. The minimum Gasteiger partial charge on any atom is -0.478 e. The number of allylic oxidation sites excluding steroid dienone is 1. The van der Waals surface area contributed by atoms with Gasteiger partial charge in [-0.25, -0.2) is 4.79 Å². The van der Waals surface area contributed by atoms with Crippen molar-refractivity contribution in [2.75, 3.05) is 0 Å². The highest BCUT2D eigenvalue weighted by molar-refractivity contribution is 5.86. The molecule has 0 amide bonds. The number of rotatable bonds is 2. The predicted molar refractivity (Wildman–Crippen MR) is 57.1 cm³/mol. The average molecular weight is 196 g/mol. The normalized spacial score (nSPS) is 26.4. The number of carboxylic acids is 1. The van der Waals surface area contributed by atoms with Gasteiger partial charge in [0.2, 0.25) is 0 Å². The third-order valence-corrected chi connectivity index (χ3v) is 3.27. The van der Waals surface area contributed by atoms with Gasteiger partial charge in [0, 0.05) is 5.57 Å². The molecule has 1 rings (SSSR count). The number of hydrogen-bond donors (Lipinski definition) is 1. The summed E-state index contributed by atoms with van der Waals surface area (Å²) < 4.78 is 0. The second kappa shape index (κ2) is 4.63. The third-order valence-electron chi connectivity index (χ3n) is 3.27. The topological polar surface area (TPSA) is 37.3 Å². The summed E-state index contributed by atoms with van der Waals surface area (Å²) in [6.45, 7) is 6.12. The summed E-state index contributed by atoms with van der Waals surface area (Å²) in [4.78, 5) is 10.9. The predicted octanol–water partition coefficient (Wildman–Crippen LogP) is 3.23. The zero-order valence-corrected chi connectivity index (χ0v) is 9.34. The van der Waals surface area contributed by atoms with E-state index < -0.39 is 5.97 Å². The molecule has 0 aromatic heterocycles. The van der Waals surface area contributed by atoms with Gasteiger partial charge < -0.3 is 5.11 Å². The van der Waals surface area contributed by atoms with Crippen LogP contribution in [0.15, 0.2) is 11.1 Å². The molecule has 1 aliphatic carbocycles. The lowest BCUT2D eigenvalue weighted by Gasteiger charge is -2.29. The van der Waals surface area contributed by atoms with Gasteiger partial charge in [0.05, 0.1) is 0 Å². The molecule has 0 bridgehead atoms. The Hall–Kier alpha value is -0.790. The first-order valence-electron chi connectivity index (χ1n) is 5.47. The minimum atomic E-state index is -0.743. The minimum absolute atomic E-state index is 0.500. The monoisotopic (exact) mass is 196 g/mol. The van der Waals surface area contributed by atoms with Crippen molar-refractivity contribution in [1.82, 2.24) is 0 Å². The van der Waals surface area contributed by atoms with Crippen LogP contribution in [0.2, 0.25) is 0 Å². The molecule has 14 heavy (non-hydrogen) atoms. The molecule has 1 atom stereocenters. The van der Waals surface area contributed by atoms with Gasteiger partial charge in [-0.1, -0.05) is 25.8 Å². The Bertz CT molecular complexity index is 251. The Labute approximate surface area is 86.0 Å². The van der Waals surface area contributed by atoms with Crippen molar-refractivity contribution in [3.05, 3.63) is 11.1 Å². The van der Waals surface area contributed by atoms with E-state index in [1.165, 1.54) is 12.0 Å². The van der Waals surface area contributed by atoms with E-state index in [4.69, 9.17) is 5.11 Å². The van der Waals surface area contributed by atoms with E-state index in [9.17, 15) is 4.79 Å². The average Bonchev–Trinajstić information content (AvgIpc) is 2.16. The van der Waals surface area contributed by atoms with Gasteiger partial charge in [-0.3, -0.25) is 0 Å². The van der Waals surface area contributed by atoms with Crippen LogP contribution in [0, 0.1) is 11.8 Å². The quantitative estimate of drug-likeness (QED) is 0.688. The van der Waals surface area contributed by atoms with E-state index in [2.05, 4.69) is 13.8 Å². The van der Waals surface area contributed by atoms with Crippen molar-refractivity contribution in [2.45, 2.75) is 46.5 Å². The molecule has 1 fully saturated rings. The molecular formula is C12H20O2. The van der Waals surface area contributed by atoms with Crippen LogP contribution in [0.1, 0.15) is 46.5 Å². The van der Waals surface area contributed by atoms with Gasteiger partial charge in [-0.2, -0.15) is 0 Å². The maximum atomic E-state index is 10.9. The van der Waals surface area contributed by atoms with E-state index in [-0.39, 0.29) is 0 Å². The maximum Gasteiger partial charge on any atom is 0.331 e. The van der Waals surface area contributed by atoms with Crippen LogP contribution in [0.25, 0.3) is 0 Å². The van der Waals surface area contributed by atoms with Gasteiger partial charge in [0.25, 0.3) is 0 Å². The van der Waals surface area contributed by atoms with Crippen molar-refractivity contribution in [1.29, 1.82) is 0 Å². The SMILES string of the molecule is CC(C(=O)O)=C1CCCCC1C(C)C. The van der Waals surface area contributed by atoms with Crippen LogP contribution >= 0.6 is 0 Å². The molecule has 1 aliphatic rings. The zero-order chi connectivity index (χ0) is 10.7. The first kappa shape index (κ1) is 11.3. The summed E-state index contributed by atoms with van der Waals surface area (Å²) in [6, 6.07) is 0. The molecule has 0 radical (unpaired) electrons. The molecule has 1 unspecified atom stereocenters. The Morgan fingerprint density at radius 1 is 1.43 bits per heavy atom. The largest absolute Gasteiger partial charge is 0.478 e. The zero-order valence-electron chi connectivity index (χ0n) is 9.34. The van der Waals surface area contributed by atoms with Gasteiger partial charge in [0.15, 0.2) is 0 Å². The second-order valence-electron chi connectivity index (χ2n) is 4.55. The van der Waals surface area contributed by atoms with E-state index in [0.717, 1.165) is 19.3 Å². The molecule has 1 saturated carbocycles. The second-order valence-corrected chi connectivity index (χ2v) is 4.55. The smallest absolute Gasteiger partial charge is 0.331 e. The van der Waals surface area contributed by atoms with E-state index >= 15 is 0 Å². The molecule has 0 aromatic carbocycles. The Balaban J connectivity index is 2.92. The van der Waals surface area contributed by atoms with Crippen LogP contribution in [0.4, 0.5) is 0 Å². The van der Waals surface area contributed by atoms with Crippen LogP contribution in [-0.2, 0) is 4.79 Å². The first-order chi connectivity index (χ1) is 6.54. The maximum absolute atomic E-state index is 10.9. The summed E-state index contributed by atoms with van der Waals surface area (Å²) in [5, 5.41) is 8.98. The van der Waals surface area contributed by atoms with Crippen molar-refractivity contribution < 1.29 is 9.90 Å². The lowest BCUT2D eigenvalue weighted by atomic mass is 9.76. The summed E-state index contributed by atoms with van der Waals surface area (Å²) >= 11 is 0. The summed E-state index contributed by atoms with van der Waals surface area (Å²) in [5.74, 6) is 0.326. The number of carboxylic acid groups (broad SMARTS) is 1. The highest BCUT2D eigenvalue weighted by atomic mass is 16.4. The summed E-state index contributed by atoms with van der Waals surface area (Å²) in [6.07, 6.45) is 4.56. The van der Waals surface area contributed by atoms with Crippen molar-refractivity contribution in [3.63, 3.8) is 0 Å². The molecule has 0 saturated heterocycles. The van der Waals surface area contributed by atoms with Crippen LogP contribution in [-0.4, -0.2) is 11.1 Å². The van der Waals surface area contributed by atoms with Crippen LogP contribution in [0.3, 0.4) is 0 Å². The summed E-state index contributed by atoms with van der Waals surface area (Å²) in [7, 11) is 0. The molecular weight excluding hydrogens is 176 g/mol. The van der Waals surface area contributed by atoms with E-state index in [0.29, 0.717) is 17.4 Å². The van der Waals surface area contributed by atoms with Crippen molar-refractivity contribution in [2.24, 2.45) is 11.8 Å². The Kier molecular flexibility index (Phi) is 3.73. The number of hydrogen-bond acceptors (Lipinski definition) is 1. The Morgan fingerprint density at radius 2 is 2.07 bits per heavy atom. The lowest BCUT2D eigenvalue weighted by molar-refractivity contribution is -0.132. The van der Waals surface area contributed by atoms with E-state index in [1.54, 1.807) is 6.92 Å². The highest BCUT2D eigenvalue weighted by Gasteiger charge is 2.25. The molecule has 0 spiro atoms. The lowest BCUT2D eigenvalue weighted by Crippen LogP contribution is -2.19. The van der Waals surface area contributed by atoms with Gasteiger partial charge in [-0.15, -0.1) is 0 Å². The molecule has 1 N–H and O–H groups in total. The molecule has 0 aliphatic heterocycles. The number of carbonyl (C=O) groups is 1. The number of aliphatic carboxylic acids is 1. The standard InChI is InChI=1S/C12H20O2/c1-8(2)10-6-4-5-7-11(10)9(3)12(13)14/h8,10H,4-7H2,1-3H3,(H,13,14). The summed E-state index contributed by atoms with van der Waals surface area (Å²) in [5.41, 5.74) is 1.78. The highest BCUT2D eigenvalue weighted by Crippen LogP contribution is 2.36. The van der Waals surface area contributed by atoms with Gasteiger partial charge >= 0.3 is 5.97 Å². The van der Waals surface area contributed by atoms with Crippen molar-refractivity contribution in [3.8, 4) is 0 Å². The van der Waals surface area contributed by atoms with Gasteiger partial charge in [-0.05, 0) is 38.0 Å². The fourth-order valence-electron chi connectivity index (χ4n) is 2.38. The molecule has 0 aromatic rings. The fraction of sp³-hybridized carbons (Fsp3) is 0.750. The molecule has 2 heteroatoms. The van der Waals surface area contributed by atoms with E-state index in [1.807, 2.05) is 0 Å². The van der Waals surface area contributed by atoms with Crippen LogP contribution < -0.4 is 0 Å². The molecule has 2 nitrogen and oxygen atoms in total. The fourth-order valence-corrected chi connectivity index (χ4v) is 2.38. The molecule has 0 heterocycles. The van der Waals surface area contributed by atoms with Gasteiger partial charge in [0.1, 0.15) is 0 Å². The van der Waals surface area contributed by atoms with Crippen molar-refractivity contribution >= 4 is 5.97 Å². The Morgan fingerprint density at radius 3 is 2.57 bits per heavy atom. The molecule has 80 valence electrons.